The smallest absolute Gasteiger partial charge is 0.0728 e. The second kappa shape index (κ2) is 11.6. The normalized spacial score (nSPS) is 15.2. The Hall–Kier alpha value is -4.05. The fourth-order valence-electron chi connectivity index (χ4n) is 4.23. The van der Waals surface area contributed by atoms with E-state index in [1.165, 1.54) is 22.3 Å². The van der Waals surface area contributed by atoms with Crippen LogP contribution in [0.15, 0.2) is 114 Å². The van der Waals surface area contributed by atoms with Gasteiger partial charge < -0.3 is 16.4 Å². The van der Waals surface area contributed by atoms with Crippen molar-refractivity contribution in [3.63, 3.8) is 0 Å². The Morgan fingerprint density at radius 2 is 1.08 bits per heavy atom. The molecule has 4 N–H and O–H groups in total. The van der Waals surface area contributed by atoms with Gasteiger partial charge in [0.05, 0.1) is 11.8 Å². The standard InChI is InChI=1S/C32H36N4/c1-5-25-6-16-30(17-7-25)34-23(3)27-10-20-32(21-11-27)36-24(4)28-12-18-31(19-13-28)35-22(2)26-8-14-29(33)15-9-26/h5-24,35-36H,33H2,1-4H3. The Labute approximate surface area is 215 Å². The summed E-state index contributed by atoms with van der Waals surface area (Å²) in [5.41, 5.74) is 14.6. The fourth-order valence-corrected chi connectivity index (χ4v) is 4.23. The number of rotatable bonds is 8. The Morgan fingerprint density at radius 1 is 0.639 bits per heavy atom. The molecule has 3 aromatic carbocycles. The lowest BCUT2D eigenvalue weighted by Crippen LogP contribution is -2.08. The molecule has 3 unspecified atom stereocenters. The molecule has 36 heavy (non-hydrogen) atoms. The second-order valence-electron chi connectivity index (χ2n) is 9.33. The van der Waals surface area contributed by atoms with Gasteiger partial charge in [0.15, 0.2) is 0 Å². The van der Waals surface area contributed by atoms with Crippen molar-refractivity contribution in [1.29, 1.82) is 0 Å². The highest BCUT2D eigenvalue weighted by Gasteiger charge is 2.10. The molecule has 184 valence electrons. The number of benzene rings is 3. The molecule has 0 heterocycles. The zero-order valence-electron chi connectivity index (χ0n) is 21.6. The highest BCUT2D eigenvalue weighted by Crippen LogP contribution is 2.26. The van der Waals surface area contributed by atoms with Crippen LogP contribution in [0.4, 0.5) is 17.1 Å². The van der Waals surface area contributed by atoms with Crippen LogP contribution in [-0.4, -0.2) is 5.71 Å². The van der Waals surface area contributed by atoms with Gasteiger partial charge in [0, 0.05) is 29.1 Å². The van der Waals surface area contributed by atoms with Gasteiger partial charge in [0.1, 0.15) is 0 Å². The van der Waals surface area contributed by atoms with Crippen LogP contribution in [0.1, 0.15) is 62.5 Å². The van der Waals surface area contributed by atoms with Crippen LogP contribution >= 0.6 is 0 Å². The molecule has 0 aliphatic heterocycles. The summed E-state index contributed by atoms with van der Waals surface area (Å²) in [7, 11) is 0. The molecule has 0 bridgehead atoms. The maximum Gasteiger partial charge on any atom is 0.0728 e. The van der Waals surface area contributed by atoms with Crippen molar-refractivity contribution in [2.45, 2.75) is 45.8 Å². The van der Waals surface area contributed by atoms with Crippen LogP contribution < -0.4 is 16.4 Å². The minimum absolute atomic E-state index is 0.101. The van der Waals surface area contributed by atoms with Crippen molar-refractivity contribution in [2.75, 3.05) is 16.4 Å². The first-order valence-electron chi connectivity index (χ1n) is 12.6. The molecule has 0 saturated carbocycles. The second-order valence-corrected chi connectivity index (χ2v) is 9.33. The molecule has 0 radical (unpaired) electrons. The summed E-state index contributed by atoms with van der Waals surface area (Å²) >= 11 is 0. The summed E-state index contributed by atoms with van der Waals surface area (Å²) in [6.07, 6.45) is 10.4. The minimum atomic E-state index is 0.101. The Morgan fingerprint density at radius 3 is 1.56 bits per heavy atom. The Balaban J connectivity index is 1.33. The third-order valence-corrected chi connectivity index (χ3v) is 6.58. The molecule has 4 nitrogen and oxygen atoms in total. The van der Waals surface area contributed by atoms with Crippen molar-refractivity contribution in [1.82, 2.24) is 0 Å². The van der Waals surface area contributed by atoms with E-state index in [2.05, 4.69) is 122 Å². The SMILES string of the molecule is CC=C1C=CC(=NC(C)c2ccc(NC(C)c3ccc(NC(C)c4ccc(N)cc4)cc3)cc2)C=C1. The lowest BCUT2D eigenvalue weighted by molar-refractivity contribution is 0.821. The van der Waals surface area contributed by atoms with Crippen molar-refractivity contribution in [3.8, 4) is 0 Å². The Kier molecular flexibility index (Phi) is 8.06. The molecule has 4 rings (SSSR count). The van der Waals surface area contributed by atoms with Crippen molar-refractivity contribution < 1.29 is 0 Å². The topological polar surface area (TPSA) is 62.4 Å². The van der Waals surface area contributed by atoms with Gasteiger partial charge in [0.2, 0.25) is 0 Å². The monoisotopic (exact) mass is 476 g/mol. The first-order chi connectivity index (χ1) is 17.4. The number of nitrogens with one attached hydrogen (secondary N) is 2. The van der Waals surface area contributed by atoms with Crippen molar-refractivity contribution in [2.24, 2.45) is 4.99 Å². The van der Waals surface area contributed by atoms with Crippen molar-refractivity contribution >= 4 is 22.8 Å². The number of anilines is 3. The zero-order valence-corrected chi connectivity index (χ0v) is 21.6. The minimum Gasteiger partial charge on any atom is -0.399 e. The summed E-state index contributed by atoms with van der Waals surface area (Å²) in [5.74, 6) is 0. The Bertz CT molecular complexity index is 1250. The van der Waals surface area contributed by atoms with E-state index in [1.54, 1.807) is 0 Å². The van der Waals surface area contributed by atoms with Crippen LogP contribution in [-0.2, 0) is 0 Å². The van der Waals surface area contributed by atoms with E-state index >= 15 is 0 Å². The molecular weight excluding hydrogens is 440 g/mol. The van der Waals surface area contributed by atoms with E-state index < -0.39 is 0 Å². The predicted molar refractivity (Wildman–Crippen MR) is 156 cm³/mol. The molecule has 1 aliphatic rings. The van der Waals surface area contributed by atoms with E-state index in [1.807, 2.05) is 19.1 Å². The molecule has 3 aromatic rings. The molecule has 0 saturated heterocycles. The van der Waals surface area contributed by atoms with Gasteiger partial charge in [-0.2, -0.15) is 0 Å². The van der Waals surface area contributed by atoms with Gasteiger partial charge in [-0.1, -0.05) is 54.6 Å². The molecule has 3 atom stereocenters. The van der Waals surface area contributed by atoms with E-state index in [9.17, 15) is 0 Å². The number of nitrogens with zero attached hydrogens (tertiary/aromatic N) is 1. The molecule has 0 spiro atoms. The molecule has 0 aromatic heterocycles. The lowest BCUT2D eigenvalue weighted by Gasteiger charge is -2.19. The van der Waals surface area contributed by atoms with E-state index in [0.29, 0.717) is 0 Å². The predicted octanol–water partition coefficient (Wildman–Crippen LogP) is 8.19. The van der Waals surface area contributed by atoms with E-state index in [0.717, 1.165) is 22.8 Å². The van der Waals surface area contributed by atoms with Gasteiger partial charge in [-0.3, -0.25) is 4.99 Å². The zero-order chi connectivity index (χ0) is 25.5. The number of nitrogens with two attached hydrogens (primary N) is 1. The van der Waals surface area contributed by atoms with Gasteiger partial charge in [0.25, 0.3) is 0 Å². The molecule has 0 fully saturated rings. The van der Waals surface area contributed by atoms with Gasteiger partial charge >= 0.3 is 0 Å². The summed E-state index contributed by atoms with van der Waals surface area (Å²) in [5, 5.41) is 7.17. The summed E-state index contributed by atoms with van der Waals surface area (Å²) in [6.45, 7) is 8.52. The summed E-state index contributed by atoms with van der Waals surface area (Å²) in [6, 6.07) is 25.7. The average Bonchev–Trinajstić information content (AvgIpc) is 2.90. The quantitative estimate of drug-likeness (QED) is 0.287. The molecular formula is C32H36N4. The van der Waals surface area contributed by atoms with Crippen LogP contribution in [0, 0.1) is 0 Å². The fraction of sp³-hybridized carbons (Fsp3) is 0.219. The van der Waals surface area contributed by atoms with E-state index in [4.69, 9.17) is 10.7 Å². The molecule has 1 aliphatic carbocycles. The van der Waals surface area contributed by atoms with E-state index in [-0.39, 0.29) is 18.1 Å². The van der Waals surface area contributed by atoms with Gasteiger partial charge in [-0.15, -0.1) is 0 Å². The van der Waals surface area contributed by atoms with Crippen LogP contribution in [0.3, 0.4) is 0 Å². The summed E-state index contributed by atoms with van der Waals surface area (Å²) in [4.78, 5) is 4.85. The largest absolute Gasteiger partial charge is 0.399 e. The van der Waals surface area contributed by atoms with Gasteiger partial charge in [-0.25, -0.2) is 0 Å². The van der Waals surface area contributed by atoms with Crippen LogP contribution in [0.5, 0.6) is 0 Å². The molecule has 0 amide bonds. The highest BCUT2D eigenvalue weighted by molar-refractivity contribution is 6.06. The third kappa shape index (κ3) is 6.54. The number of nitrogen functional groups attached to an aromatic ring is 1. The number of hydrogen-bond donors (Lipinski definition) is 3. The average molecular weight is 477 g/mol. The van der Waals surface area contributed by atoms with Crippen molar-refractivity contribution in [3.05, 3.63) is 125 Å². The number of hydrogen-bond acceptors (Lipinski definition) is 4. The molecule has 4 heteroatoms. The maximum absolute atomic E-state index is 5.81. The highest BCUT2D eigenvalue weighted by atomic mass is 14.9. The third-order valence-electron chi connectivity index (χ3n) is 6.58. The lowest BCUT2D eigenvalue weighted by atomic mass is 10.0. The number of aliphatic imine (C=N–C) groups is 1. The first-order valence-corrected chi connectivity index (χ1v) is 12.6. The van der Waals surface area contributed by atoms with Crippen LogP contribution in [0.2, 0.25) is 0 Å². The van der Waals surface area contributed by atoms with Crippen LogP contribution in [0.25, 0.3) is 0 Å². The number of allylic oxidation sites excluding steroid dienone is 6. The van der Waals surface area contributed by atoms with Gasteiger partial charge in [-0.05, 0) is 98.5 Å². The summed E-state index contributed by atoms with van der Waals surface area (Å²) < 4.78 is 0. The maximum atomic E-state index is 5.81. The first kappa shape index (κ1) is 25.1.